The summed E-state index contributed by atoms with van der Waals surface area (Å²) in [6.45, 7) is 8.59. The Kier molecular flexibility index (Phi) is 7.94. The molecule has 1 unspecified atom stereocenters. The average Bonchev–Trinajstić information content (AvgIpc) is 3.24. The summed E-state index contributed by atoms with van der Waals surface area (Å²) in [6.07, 6.45) is -0.0655. The lowest BCUT2D eigenvalue weighted by molar-refractivity contribution is -0.143. The second kappa shape index (κ2) is 11.0. The minimum atomic E-state index is -0.547. The number of amidine groups is 1. The highest BCUT2D eigenvalue weighted by atomic mass is 32.2. The number of hydrogen-bond acceptors (Lipinski definition) is 9. The Morgan fingerprint density at radius 3 is 2.31 bits per heavy atom. The second-order valence-corrected chi connectivity index (χ2v) is 10.2. The van der Waals surface area contributed by atoms with Crippen LogP contribution in [0.1, 0.15) is 38.8 Å². The molecule has 1 amide bonds. The van der Waals surface area contributed by atoms with Crippen molar-refractivity contribution in [1.82, 2.24) is 14.7 Å². The summed E-state index contributed by atoms with van der Waals surface area (Å²) in [6, 6.07) is 5.01. The number of nitrogens with zero attached hydrogens (tertiary/aromatic N) is 4. The van der Waals surface area contributed by atoms with Gasteiger partial charge < -0.3 is 28.9 Å². The van der Waals surface area contributed by atoms with Gasteiger partial charge in [0, 0.05) is 37.9 Å². The van der Waals surface area contributed by atoms with Gasteiger partial charge in [0.15, 0.2) is 5.17 Å². The molecule has 1 aromatic carbocycles. The summed E-state index contributed by atoms with van der Waals surface area (Å²) >= 11 is 1.46. The highest BCUT2D eigenvalue weighted by molar-refractivity contribution is 8.16. The number of thioether (sulfide) groups is 1. The summed E-state index contributed by atoms with van der Waals surface area (Å²) < 4.78 is 16.7. The number of esters is 1. The molecule has 36 heavy (non-hydrogen) atoms. The Balaban J connectivity index is 1.73. The van der Waals surface area contributed by atoms with Gasteiger partial charge in [-0.1, -0.05) is 11.8 Å². The van der Waals surface area contributed by atoms with Crippen LogP contribution in [0.5, 0.6) is 11.5 Å². The summed E-state index contributed by atoms with van der Waals surface area (Å²) in [4.78, 5) is 37.5. The first-order chi connectivity index (χ1) is 17.2. The molecule has 0 saturated carbocycles. The minimum Gasteiger partial charge on any atom is -0.497 e. The van der Waals surface area contributed by atoms with E-state index in [0.717, 1.165) is 29.5 Å². The Morgan fingerprint density at radius 1 is 1.08 bits per heavy atom. The molecule has 0 aliphatic carbocycles. The van der Waals surface area contributed by atoms with E-state index in [0.29, 0.717) is 35.9 Å². The quantitative estimate of drug-likeness (QED) is 0.512. The van der Waals surface area contributed by atoms with Crippen molar-refractivity contribution < 1.29 is 23.8 Å². The molecule has 1 aromatic rings. The zero-order valence-electron chi connectivity index (χ0n) is 21.7. The molecule has 194 valence electrons. The van der Waals surface area contributed by atoms with Crippen molar-refractivity contribution in [2.45, 2.75) is 39.3 Å². The van der Waals surface area contributed by atoms with Crippen LogP contribution in [0.3, 0.4) is 0 Å². The van der Waals surface area contributed by atoms with Crippen molar-refractivity contribution in [2.24, 2.45) is 4.99 Å². The van der Waals surface area contributed by atoms with Crippen LogP contribution in [0.2, 0.25) is 0 Å². The lowest BCUT2D eigenvalue weighted by Gasteiger charge is -2.37. The van der Waals surface area contributed by atoms with Crippen LogP contribution in [0, 0.1) is 0 Å². The number of amides is 1. The number of hydrogen-bond donors (Lipinski definition) is 0. The Hall–Kier alpha value is -2.98. The molecule has 3 heterocycles. The molecule has 3 aliphatic rings. The van der Waals surface area contributed by atoms with Gasteiger partial charge in [0.2, 0.25) is 5.91 Å². The van der Waals surface area contributed by atoms with E-state index < -0.39 is 12.0 Å². The van der Waals surface area contributed by atoms with Gasteiger partial charge in [-0.15, -0.1) is 0 Å². The summed E-state index contributed by atoms with van der Waals surface area (Å²) in [5, 5.41) is 2.68. The van der Waals surface area contributed by atoms with E-state index in [1.807, 2.05) is 48.1 Å². The molecule has 0 spiro atoms. The fourth-order valence-corrected chi connectivity index (χ4v) is 5.50. The van der Waals surface area contributed by atoms with E-state index in [1.165, 1.54) is 11.8 Å². The lowest BCUT2D eigenvalue weighted by atomic mass is 9.93. The first kappa shape index (κ1) is 26.1. The maximum atomic E-state index is 13.4. The van der Waals surface area contributed by atoms with Crippen LogP contribution >= 0.6 is 11.8 Å². The molecule has 10 heteroatoms. The predicted molar refractivity (Wildman–Crippen MR) is 140 cm³/mol. The van der Waals surface area contributed by atoms with Crippen LogP contribution in [0.15, 0.2) is 45.6 Å². The fraction of sp³-hybridized carbons (Fsp3) is 0.500. The van der Waals surface area contributed by atoms with Gasteiger partial charge in [-0.2, -0.15) is 0 Å². The molecule has 0 radical (unpaired) electrons. The van der Waals surface area contributed by atoms with Gasteiger partial charge >= 0.3 is 5.97 Å². The third-order valence-corrected chi connectivity index (χ3v) is 7.33. The van der Waals surface area contributed by atoms with E-state index in [1.54, 1.807) is 20.3 Å². The molecule has 0 aromatic heterocycles. The van der Waals surface area contributed by atoms with E-state index in [2.05, 4.69) is 11.9 Å². The van der Waals surface area contributed by atoms with Crippen molar-refractivity contribution in [3.8, 4) is 11.5 Å². The largest absolute Gasteiger partial charge is 0.497 e. The van der Waals surface area contributed by atoms with Gasteiger partial charge in [0.25, 0.3) is 0 Å². The number of methoxy groups -OCH3 is 2. The molecule has 1 fully saturated rings. The van der Waals surface area contributed by atoms with Crippen LogP contribution in [0.4, 0.5) is 0 Å². The molecule has 1 saturated heterocycles. The fourth-order valence-electron chi connectivity index (χ4n) is 4.53. The number of carbonyl (C=O) groups excluding carboxylic acids is 2. The van der Waals surface area contributed by atoms with Gasteiger partial charge in [0.1, 0.15) is 11.5 Å². The molecule has 4 rings (SSSR count). The standard InChI is InChI=1S/C26H34N4O5S/c1-16(2)35-25(32)23-17(3)27-26-30(24(23)18-11-20(33-5)14-21(12-18)34-6)19(15-36-26)13-22(31)29-9-7-28(4)8-10-29/h11-12,14-16,24H,7-10,13H2,1-6H3. The normalized spacial score (nSPS) is 20.2. The minimum absolute atomic E-state index is 0.0655. The summed E-state index contributed by atoms with van der Waals surface area (Å²) in [5.41, 5.74) is 2.61. The van der Waals surface area contributed by atoms with Crippen molar-refractivity contribution in [1.29, 1.82) is 0 Å². The number of carbonyl (C=O) groups is 2. The highest BCUT2D eigenvalue weighted by Crippen LogP contribution is 2.46. The van der Waals surface area contributed by atoms with Crippen molar-refractivity contribution in [2.75, 3.05) is 47.4 Å². The Morgan fingerprint density at radius 2 is 1.72 bits per heavy atom. The first-order valence-corrected chi connectivity index (χ1v) is 12.9. The van der Waals surface area contributed by atoms with Crippen LogP contribution in [-0.4, -0.2) is 85.3 Å². The third-order valence-electron chi connectivity index (χ3n) is 6.44. The maximum Gasteiger partial charge on any atom is 0.338 e. The van der Waals surface area contributed by atoms with E-state index in [4.69, 9.17) is 19.2 Å². The second-order valence-electron chi connectivity index (χ2n) is 9.35. The highest BCUT2D eigenvalue weighted by Gasteiger charge is 2.42. The monoisotopic (exact) mass is 514 g/mol. The third kappa shape index (κ3) is 5.39. The predicted octanol–water partition coefficient (Wildman–Crippen LogP) is 3.39. The van der Waals surface area contributed by atoms with E-state index >= 15 is 0 Å². The zero-order chi connectivity index (χ0) is 26.0. The molecule has 1 atom stereocenters. The van der Waals surface area contributed by atoms with Gasteiger partial charge in [-0.05, 0) is 50.9 Å². The number of benzene rings is 1. The van der Waals surface area contributed by atoms with Crippen molar-refractivity contribution in [3.05, 3.63) is 46.1 Å². The molecule has 0 bridgehead atoms. The Labute approximate surface area is 216 Å². The molecule has 3 aliphatic heterocycles. The van der Waals surface area contributed by atoms with Crippen LogP contribution < -0.4 is 9.47 Å². The SMILES string of the molecule is COc1cc(OC)cc(C2C(C(=O)OC(C)C)=C(C)N=C3SC=C(CC(=O)N4CCN(C)CC4)N32)c1. The van der Waals surface area contributed by atoms with E-state index in [-0.39, 0.29) is 18.4 Å². The number of rotatable bonds is 7. The number of allylic oxidation sites excluding steroid dienone is 1. The van der Waals surface area contributed by atoms with Crippen LogP contribution in [0.25, 0.3) is 0 Å². The van der Waals surface area contributed by atoms with Gasteiger partial charge in [0.05, 0.1) is 44.1 Å². The molecular weight excluding hydrogens is 480 g/mol. The number of fused-ring (bicyclic) bond motifs is 1. The number of aliphatic imine (C=N–C) groups is 1. The van der Waals surface area contributed by atoms with Crippen LogP contribution in [-0.2, 0) is 14.3 Å². The lowest BCUT2D eigenvalue weighted by Crippen LogP contribution is -2.47. The summed E-state index contributed by atoms with van der Waals surface area (Å²) in [5.74, 6) is 0.844. The summed E-state index contributed by atoms with van der Waals surface area (Å²) in [7, 11) is 5.24. The van der Waals surface area contributed by atoms with Gasteiger partial charge in [-0.3, -0.25) is 4.79 Å². The number of likely N-dealkylation sites (N-methyl/N-ethyl adjacent to an activating group) is 1. The Bertz CT molecular complexity index is 1100. The topological polar surface area (TPSA) is 83.9 Å². The van der Waals surface area contributed by atoms with Gasteiger partial charge in [-0.25, -0.2) is 9.79 Å². The maximum absolute atomic E-state index is 13.4. The number of ether oxygens (including phenoxy) is 3. The zero-order valence-corrected chi connectivity index (χ0v) is 22.6. The molecule has 9 nitrogen and oxygen atoms in total. The number of piperazine rings is 1. The van der Waals surface area contributed by atoms with Crippen molar-refractivity contribution >= 4 is 28.8 Å². The molecule has 0 N–H and O–H groups in total. The smallest absolute Gasteiger partial charge is 0.338 e. The van der Waals surface area contributed by atoms with Crippen molar-refractivity contribution in [3.63, 3.8) is 0 Å². The first-order valence-electron chi connectivity index (χ1n) is 12.1. The molecular formula is C26H34N4O5S. The average molecular weight is 515 g/mol. The van der Waals surface area contributed by atoms with E-state index in [9.17, 15) is 9.59 Å².